The molecule has 2 saturated heterocycles. The van der Waals surface area contributed by atoms with Gasteiger partial charge in [-0.05, 0) is 49.5 Å². The van der Waals surface area contributed by atoms with Gasteiger partial charge in [-0.3, -0.25) is 4.79 Å². The number of likely N-dealkylation sites (tertiary alicyclic amines) is 1. The topological polar surface area (TPSA) is 53.9 Å². The second-order valence-corrected chi connectivity index (χ2v) is 8.82. The average molecular weight is 371 g/mol. The monoisotopic (exact) mass is 370 g/mol. The lowest BCUT2D eigenvalue weighted by molar-refractivity contribution is -0.913. The van der Waals surface area contributed by atoms with Crippen molar-refractivity contribution in [3.05, 3.63) is 35.9 Å². The Hall–Kier alpha value is -1.88. The number of hydrogen-bond donors (Lipinski definition) is 2. The highest BCUT2D eigenvalue weighted by atomic mass is 16.2. The maximum Gasteiger partial charge on any atom is 0.329 e. The summed E-state index contributed by atoms with van der Waals surface area (Å²) >= 11 is 0. The summed E-state index contributed by atoms with van der Waals surface area (Å²) in [6, 6.07) is 10.5. The fraction of sp³-hybridized carbons (Fsp3) is 0.636. The van der Waals surface area contributed by atoms with E-state index < -0.39 is 5.54 Å². The van der Waals surface area contributed by atoms with E-state index in [1.165, 1.54) is 15.4 Å². The molecule has 0 radical (unpaired) electrons. The van der Waals surface area contributed by atoms with Crippen molar-refractivity contribution in [2.75, 3.05) is 19.8 Å². The minimum absolute atomic E-state index is 0.0265. The van der Waals surface area contributed by atoms with Gasteiger partial charge in [-0.25, -0.2) is 9.69 Å². The van der Waals surface area contributed by atoms with E-state index in [4.69, 9.17) is 0 Å². The van der Waals surface area contributed by atoms with Crippen LogP contribution >= 0.6 is 0 Å². The number of urea groups is 1. The quantitative estimate of drug-likeness (QED) is 0.797. The van der Waals surface area contributed by atoms with Crippen LogP contribution in [0.2, 0.25) is 0 Å². The molecule has 0 unspecified atom stereocenters. The summed E-state index contributed by atoms with van der Waals surface area (Å²) in [6.45, 7) is 4.72. The van der Waals surface area contributed by atoms with Crippen LogP contribution in [0.15, 0.2) is 30.3 Å². The van der Waals surface area contributed by atoms with Crippen LogP contribution in [-0.2, 0) is 11.2 Å². The Morgan fingerprint density at radius 3 is 2.56 bits per heavy atom. The summed E-state index contributed by atoms with van der Waals surface area (Å²) in [4.78, 5) is 28.5. The smallest absolute Gasteiger partial charge is 0.323 e. The average Bonchev–Trinajstić information content (AvgIpc) is 2.91. The summed E-state index contributed by atoms with van der Waals surface area (Å²) in [7, 11) is 0. The molecule has 3 amide bonds. The molecule has 1 saturated carbocycles. The number of piperidine rings is 1. The van der Waals surface area contributed by atoms with E-state index in [2.05, 4.69) is 42.6 Å². The van der Waals surface area contributed by atoms with Crippen molar-refractivity contribution >= 4 is 11.9 Å². The molecule has 27 heavy (non-hydrogen) atoms. The molecule has 3 aliphatic rings. The number of rotatable bonds is 4. The van der Waals surface area contributed by atoms with Crippen molar-refractivity contribution in [3.8, 4) is 0 Å². The van der Waals surface area contributed by atoms with Gasteiger partial charge in [-0.15, -0.1) is 0 Å². The van der Waals surface area contributed by atoms with Crippen LogP contribution < -0.4 is 10.2 Å². The molecule has 1 spiro atoms. The van der Waals surface area contributed by atoms with Crippen molar-refractivity contribution in [2.24, 2.45) is 11.8 Å². The lowest BCUT2D eigenvalue weighted by Crippen LogP contribution is -3.14. The summed E-state index contributed by atoms with van der Waals surface area (Å²) < 4.78 is 0. The second-order valence-electron chi connectivity index (χ2n) is 8.82. The Labute approximate surface area is 162 Å². The maximum absolute atomic E-state index is 13.1. The Morgan fingerprint density at radius 1 is 1.11 bits per heavy atom. The molecule has 1 aromatic rings. The van der Waals surface area contributed by atoms with Crippen molar-refractivity contribution in [3.63, 3.8) is 0 Å². The van der Waals surface area contributed by atoms with Gasteiger partial charge in [-0.2, -0.15) is 0 Å². The molecule has 2 aliphatic heterocycles. The van der Waals surface area contributed by atoms with Gasteiger partial charge in [0.05, 0.1) is 13.1 Å². The third-order valence-electron chi connectivity index (χ3n) is 7.06. The maximum atomic E-state index is 13.1. The highest BCUT2D eigenvalue weighted by molar-refractivity contribution is 6.07. The number of amides is 3. The normalized spacial score (nSPS) is 34.1. The summed E-state index contributed by atoms with van der Waals surface area (Å²) in [5.41, 5.74) is 0.786. The number of carbonyl (C=O) groups excluding carboxylic acids is 2. The van der Waals surface area contributed by atoms with E-state index in [-0.39, 0.29) is 17.9 Å². The van der Waals surface area contributed by atoms with Crippen LogP contribution in [0.1, 0.15) is 51.0 Å². The molecule has 1 aromatic carbocycles. The molecule has 2 atom stereocenters. The van der Waals surface area contributed by atoms with Crippen LogP contribution in [0, 0.1) is 11.8 Å². The first kappa shape index (κ1) is 18.5. The molecule has 0 bridgehead atoms. The lowest BCUT2D eigenvalue weighted by atomic mass is 9.73. The number of nitrogens with zero attached hydrogens (tertiary/aromatic N) is 1. The van der Waals surface area contributed by atoms with E-state index in [1.807, 2.05) is 0 Å². The fourth-order valence-electron chi connectivity index (χ4n) is 5.26. The van der Waals surface area contributed by atoms with E-state index >= 15 is 0 Å². The number of hydrogen-bond acceptors (Lipinski definition) is 2. The van der Waals surface area contributed by atoms with Crippen LogP contribution in [0.25, 0.3) is 0 Å². The zero-order valence-electron chi connectivity index (χ0n) is 16.4. The number of imide groups is 1. The summed E-state index contributed by atoms with van der Waals surface area (Å²) in [5.74, 6) is 0.974. The lowest BCUT2D eigenvalue weighted by Gasteiger charge is -2.37. The van der Waals surface area contributed by atoms with Gasteiger partial charge in [0.2, 0.25) is 0 Å². The Kier molecular flexibility index (Phi) is 5.22. The van der Waals surface area contributed by atoms with Gasteiger partial charge in [0, 0.05) is 0 Å². The van der Waals surface area contributed by atoms with Crippen molar-refractivity contribution in [1.82, 2.24) is 10.2 Å². The van der Waals surface area contributed by atoms with Crippen LogP contribution in [0.4, 0.5) is 4.79 Å². The Balaban J connectivity index is 1.32. The SMILES string of the molecule is C[C@H]1CCCC[C@]12NC(=O)N(C[NH+]1CCC(Cc3ccccc3)CC1)C2=O. The first-order chi connectivity index (χ1) is 13.1. The standard InChI is InChI=1S/C22H31N3O2/c1-17-7-5-6-12-22(17)20(26)25(21(27)23-22)16-24-13-10-19(11-14-24)15-18-8-3-2-4-9-18/h2-4,8-9,17,19H,5-7,10-16H2,1H3,(H,23,27)/p+1/t17-,22-/m0/s1. The zero-order chi connectivity index (χ0) is 18.9. The molecule has 1 aliphatic carbocycles. The van der Waals surface area contributed by atoms with Gasteiger partial charge in [0.25, 0.3) is 5.91 Å². The molecule has 146 valence electrons. The number of nitrogens with one attached hydrogen (secondary N) is 2. The first-order valence-corrected chi connectivity index (χ1v) is 10.6. The van der Waals surface area contributed by atoms with E-state index in [9.17, 15) is 9.59 Å². The predicted molar refractivity (Wildman–Crippen MR) is 104 cm³/mol. The minimum Gasteiger partial charge on any atom is -0.323 e. The van der Waals surface area contributed by atoms with Crippen molar-refractivity contribution in [2.45, 2.75) is 57.4 Å². The molecule has 3 fully saturated rings. The first-order valence-electron chi connectivity index (χ1n) is 10.6. The fourth-order valence-corrected chi connectivity index (χ4v) is 5.26. The van der Waals surface area contributed by atoms with Crippen LogP contribution in [0.5, 0.6) is 0 Å². The van der Waals surface area contributed by atoms with Crippen LogP contribution in [0.3, 0.4) is 0 Å². The van der Waals surface area contributed by atoms with E-state index in [0.717, 1.165) is 58.0 Å². The third-order valence-corrected chi connectivity index (χ3v) is 7.06. The summed E-state index contributed by atoms with van der Waals surface area (Å²) in [6.07, 6.45) is 7.47. The van der Waals surface area contributed by atoms with Gasteiger partial charge < -0.3 is 10.2 Å². The highest BCUT2D eigenvalue weighted by Crippen LogP contribution is 2.37. The molecule has 0 aromatic heterocycles. The number of carbonyl (C=O) groups is 2. The van der Waals surface area contributed by atoms with Crippen LogP contribution in [-0.4, -0.2) is 42.1 Å². The Bertz CT molecular complexity index is 684. The number of benzene rings is 1. The highest BCUT2D eigenvalue weighted by Gasteiger charge is 2.55. The Morgan fingerprint density at radius 2 is 1.85 bits per heavy atom. The molecule has 2 heterocycles. The predicted octanol–water partition coefficient (Wildman–Crippen LogP) is 1.98. The molecular weight excluding hydrogens is 338 g/mol. The minimum atomic E-state index is -0.625. The van der Waals surface area contributed by atoms with Crippen molar-refractivity contribution in [1.29, 1.82) is 0 Å². The molecule has 4 rings (SSSR count). The third kappa shape index (κ3) is 3.62. The zero-order valence-corrected chi connectivity index (χ0v) is 16.4. The van der Waals surface area contributed by atoms with E-state index in [1.54, 1.807) is 0 Å². The van der Waals surface area contributed by atoms with Gasteiger partial charge in [0.1, 0.15) is 5.54 Å². The summed E-state index contributed by atoms with van der Waals surface area (Å²) in [5, 5.41) is 3.07. The van der Waals surface area contributed by atoms with Crippen molar-refractivity contribution < 1.29 is 14.5 Å². The number of quaternary nitrogens is 1. The second kappa shape index (κ2) is 7.63. The largest absolute Gasteiger partial charge is 0.329 e. The molecule has 5 nitrogen and oxygen atoms in total. The van der Waals surface area contributed by atoms with E-state index in [0.29, 0.717) is 12.6 Å². The van der Waals surface area contributed by atoms with Gasteiger partial charge >= 0.3 is 6.03 Å². The van der Waals surface area contributed by atoms with Gasteiger partial charge in [0.15, 0.2) is 6.67 Å². The molecule has 2 N–H and O–H groups in total. The molecule has 5 heteroatoms. The van der Waals surface area contributed by atoms with Gasteiger partial charge in [-0.1, -0.05) is 50.1 Å². The molecular formula is C22H32N3O2+.